The molecule has 1 atom stereocenters. The van der Waals surface area contributed by atoms with Crippen LogP contribution in [0.3, 0.4) is 0 Å². The highest BCUT2D eigenvalue weighted by molar-refractivity contribution is 9.10. The molecule has 0 saturated heterocycles. The Kier molecular flexibility index (Phi) is 4.08. The van der Waals surface area contributed by atoms with Crippen LogP contribution in [0, 0.1) is 11.3 Å². The average Bonchev–Trinajstić information content (AvgIpc) is 2.17. The summed E-state index contributed by atoms with van der Waals surface area (Å²) in [5.41, 5.74) is 7.15. The molecule has 3 nitrogen and oxygen atoms in total. The van der Waals surface area contributed by atoms with Crippen molar-refractivity contribution in [3.8, 4) is 6.07 Å². The molecule has 0 spiro atoms. The lowest BCUT2D eigenvalue weighted by molar-refractivity contribution is 0.183. The summed E-state index contributed by atoms with van der Waals surface area (Å²) in [4.78, 5) is 0. The van der Waals surface area contributed by atoms with Gasteiger partial charge in [0.25, 0.3) is 0 Å². The third-order valence-corrected chi connectivity index (χ3v) is 2.34. The maximum atomic E-state index is 9.58. The van der Waals surface area contributed by atoms with Gasteiger partial charge < -0.3 is 10.8 Å². The molecule has 1 unspecified atom stereocenters. The van der Waals surface area contributed by atoms with E-state index >= 15 is 0 Å². The Morgan fingerprint density at radius 3 is 2.79 bits per heavy atom. The minimum atomic E-state index is -0.734. The summed E-state index contributed by atoms with van der Waals surface area (Å²) in [5.74, 6) is 0. The van der Waals surface area contributed by atoms with E-state index in [-0.39, 0.29) is 6.42 Å². The number of halogens is 1. The first kappa shape index (κ1) is 11.2. The van der Waals surface area contributed by atoms with Gasteiger partial charge in [-0.3, -0.25) is 0 Å². The van der Waals surface area contributed by atoms with Crippen molar-refractivity contribution in [1.29, 1.82) is 5.26 Å². The summed E-state index contributed by atoms with van der Waals surface area (Å²) >= 11 is 3.32. The van der Waals surface area contributed by atoms with Crippen LogP contribution in [-0.2, 0) is 6.54 Å². The van der Waals surface area contributed by atoms with Gasteiger partial charge in [0.2, 0.25) is 0 Å². The molecule has 0 aliphatic carbocycles. The summed E-state index contributed by atoms with van der Waals surface area (Å²) in [5, 5.41) is 18.0. The Bertz CT molecular complexity index is 360. The molecule has 14 heavy (non-hydrogen) atoms. The molecule has 3 N–H and O–H groups in total. The minimum absolute atomic E-state index is 0.0977. The van der Waals surface area contributed by atoms with Gasteiger partial charge in [0, 0.05) is 11.0 Å². The van der Waals surface area contributed by atoms with E-state index in [9.17, 15) is 5.11 Å². The SMILES string of the molecule is N#CCC(O)c1cc(Br)cc(CN)c1. The number of nitrogens with two attached hydrogens (primary N) is 1. The molecule has 1 aromatic rings. The van der Waals surface area contributed by atoms with Crippen LogP contribution in [0.25, 0.3) is 0 Å². The van der Waals surface area contributed by atoms with Crippen molar-refractivity contribution < 1.29 is 5.11 Å². The van der Waals surface area contributed by atoms with E-state index in [1.165, 1.54) is 0 Å². The first-order valence-corrected chi connectivity index (χ1v) is 5.01. The Morgan fingerprint density at radius 2 is 2.21 bits per heavy atom. The molecule has 74 valence electrons. The smallest absolute Gasteiger partial charge is 0.0920 e. The average molecular weight is 255 g/mol. The van der Waals surface area contributed by atoms with Gasteiger partial charge in [-0.25, -0.2) is 0 Å². The monoisotopic (exact) mass is 254 g/mol. The molecule has 1 aromatic carbocycles. The topological polar surface area (TPSA) is 70.0 Å². The third-order valence-electron chi connectivity index (χ3n) is 1.89. The Morgan fingerprint density at radius 1 is 1.50 bits per heavy atom. The number of hydrogen-bond acceptors (Lipinski definition) is 3. The number of benzene rings is 1. The molecule has 0 amide bonds. The van der Waals surface area contributed by atoms with Gasteiger partial charge in [0.1, 0.15) is 0 Å². The second-order valence-corrected chi connectivity index (χ2v) is 3.89. The minimum Gasteiger partial charge on any atom is -0.387 e. The fourth-order valence-electron chi connectivity index (χ4n) is 1.19. The lowest BCUT2D eigenvalue weighted by Crippen LogP contribution is -2.01. The number of nitriles is 1. The predicted molar refractivity (Wildman–Crippen MR) is 57.2 cm³/mol. The van der Waals surface area contributed by atoms with E-state index in [1.807, 2.05) is 18.2 Å². The van der Waals surface area contributed by atoms with E-state index < -0.39 is 6.10 Å². The number of aliphatic hydroxyl groups is 1. The maximum absolute atomic E-state index is 9.58. The number of nitrogens with zero attached hydrogens (tertiary/aromatic N) is 1. The second kappa shape index (κ2) is 5.11. The molecule has 0 heterocycles. The summed E-state index contributed by atoms with van der Waals surface area (Å²) in [6, 6.07) is 7.42. The van der Waals surface area contributed by atoms with E-state index in [4.69, 9.17) is 11.0 Å². The van der Waals surface area contributed by atoms with Crippen molar-refractivity contribution in [2.45, 2.75) is 19.1 Å². The van der Waals surface area contributed by atoms with Crippen LogP contribution in [0.5, 0.6) is 0 Å². The van der Waals surface area contributed by atoms with Gasteiger partial charge in [0.05, 0.1) is 18.6 Å². The molecule has 0 fully saturated rings. The molecule has 0 radical (unpaired) electrons. The first-order valence-electron chi connectivity index (χ1n) is 4.22. The molecular weight excluding hydrogens is 244 g/mol. The maximum Gasteiger partial charge on any atom is 0.0920 e. The van der Waals surface area contributed by atoms with Crippen molar-refractivity contribution in [2.24, 2.45) is 5.73 Å². The van der Waals surface area contributed by atoms with Gasteiger partial charge in [-0.15, -0.1) is 0 Å². The van der Waals surface area contributed by atoms with Crippen LogP contribution < -0.4 is 5.73 Å². The molecular formula is C10H11BrN2O. The second-order valence-electron chi connectivity index (χ2n) is 2.97. The van der Waals surface area contributed by atoms with Crippen LogP contribution in [0.4, 0.5) is 0 Å². The van der Waals surface area contributed by atoms with Crippen LogP contribution in [-0.4, -0.2) is 5.11 Å². The van der Waals surface area contributed by atoms with Crippen LogP contribution in [0.1, 0.15) is 23.7 Å². The van der Waals surface area contributed by atoms with Crippen molar-refractivity contribution >= 4 is 15.9 Å². The van der Waals surface area contributed by atoms with Crippen molar-refractivity contribution in [3.63, 3.8) is 0 Å². The quantitative estimate of drug-likeness (QED) is 0.865. The largest absolute Gasteiger partial charge is 0.387 e. The Balaban J connectivity index is 2.97. The standard InChI is InChI=1S/C10H11BrN2O/c11-9-4-7(6-13)3-8(5-9)10(14)1-2-12/h3-5,10,14H,1,6,13H2. The van der Waals surface area contributed by atoms with Gasteiger partial charge in [-0.1, -0.05) is 22.0 Å². The Labute approximate surface area is 91.3 Å². The van der Waals surface area contributed by atoms with E-state index in [0.717, 1.165) is 15.6 Å². The van der Waals surface area contributed by atoms with E-state index in [2.05, 4.69) is 15.9 Å². The zero-order chi connectivity index (χ0) is 10.6. The van der Waals surface area contributed by atoms with Crippen molar-refractivity contribution in [3.05, 3.63) is 33.8 Å². The number of rotatable bonds is 3. The van der Waals surface area contributed by atoms with Crippen molar-refractivity contribution in [1.82, 2.24) is 0 Å². The summed E-state index contributed by atoms with van der Waals surface area (Å²) in [6.07, 6.45) is -0.636. The van der Waals surface area contributed by atoms with Gasteiger partial charge >= 0.3 is 0 Å². The number of hydrogen-bond donors (Lipinski definition) is 2. The normalized spacial score (nSPS) is 12.1. The summed E-state index contributed by atoms with van der Waals surface area (Å²) in [6.45, 7) is 0.422. The molecule has 0 aliphatic rings. The molecule has 0 saturated carbocycles. The van der Waals surface area contributed by atoms with Crippen LogP contribution in [0.2, 0.25) is 0 Å². The third kappa shape index (κ3) is 2.81. The fraction of sp³-hybridized carbons (Fsp3) is 0.300. The summed E-state index contributed by atoms with van der Waals surface area (Å²) in [7, 11) is 0. The molecule has 1 rings (SSSR count). The highest BCUT2D eigenvalue weighted by Crippen LogP contribution is 2.22. The zero-order valence-corrected chi connectivity index (χ0v) is 9.16. The Hall–Kier alpha value is -0.890. The lowest BCUT2D eigenvalue weighted by atomic mass is 10.0. The molecule has 0 aliphatic heterocycles. The fourth-order valence-corrected chi connectivity index (χ4v) is 1.75. The van der Waals surface area contributed by atoms with Crippen LogP contribution in [0.15, 0.2) is 22.7 Å². The van der Waals surface area contributed by atoms with E-state index in [1.54, 1.807) is 6.07 Å². The molecule has 0 bridgehead atoms. The first-order chi connectivity index (χ1) is 6.67. The van der Waals surface area contributed by atoms with E-state index in [0.29, 0.717) is 6.54 Å². The number of aliphatic hydroxyl groups excluding tert-OH is 1. The van der Waals surface area contributed by atoms with Gasteiger partial charge in [-0.2, -0.15) is 5.26 Å². The molecule has 0 aromatic heterocycles. The highest BCUT2D eigenvalue weighted by Gasteiger charge is 2.08. The van der Waals surface area contributed by atoms with Crippen molar-refractivity contribution in [2.75, 3.05) is 0 Å². The van der Waals surface area contributed by atoms with Gasteiger partial charge in [0.15, 0.2) is 0 Å². The predicted octanol–water partition coefficient (Wildman–Crippen LogP) is 1.85. The van der Waals surface area contributed by atoms with Gasteiger partial charge in [-0.05, 0) is 23.3 Å². The highest BCUT2D eigenvalue weighted by atomic mass is 79.9. The molecule has 4 heteroatoms. The zero-order valence-electron chi connectivity index (χ0n) is 7.57. The lowest BCUT2D eigenvalue weighted by Gasteiger charge is -2.09. The van der Waals surface area contributed by atoms with Crippen LogP contribution >= 0.6 is 15.9 Å². The summed E-state index contributed by atoms with van der Waals surface area (Å²) < 4.78 is 0.868.